The van der Waals surface area contributed by atoms with Crippen LogP contribution < -0.4 is 4.74 Å². The van der Waals surface area contributed by atoms with E-state index in [1.54, 1.807) is 7.11 Å². The van der Waals surface area contributed by atoms with Gasteiger partial charge in [0.1, 0.15) is 11.9 Å². The molecule has 6 heteroatoms. The third-order valence-corrected chi connectivity index (χ3v) is 7.29. The zero-order valence-corrected chi connectivity index (χ0v) is 20.7. The van der Waals surface area contributed by atoms with Crippen molar-refractivity contribution in [1.82, 2.24) is 14.5 Å². The van der Waals surface area contributed by atoms with Crippen molar-refractivity contribution in [2.45, 2.75) is 70.1 Å². The van der Waals surface area contributed by atoms with Crippen LogP contribution in [0.15, 0.2) is 61.1 Å². The lowest BCUT2D eigenvalue weighted by Gasteiger charge is -2.36. The summed E-state index contributed by atoms with van der Waals surface area (Å²) in [5.41, 5.74) is 4.47. The third kappa shape index (κ3) is 5.59. The number of methoxy groups -OCH3 is 1. The average molecular weight is 474 g/mol. The monoisotopic (exact) mass is 473 g/mol. The van der Waals surface area contributed by atoms with Crippen molar-refractivity contribution in [1.29, 1.82) is 0 Å². The van der Waals surface area contributed by atoms with E-state index in [4.69, 9.17) is 9.47 Å². The van der Waals surface area contributed by atoms with E-state index >= 15 is 0 Å². The summed E-state index contributed by atoms with van der Waals surface area (Å²) >= 11 is 0. The first-order valence-corrected chi connectivity index (χ1v) is 12.8. The topological polar surface area (TPSA) is 56.6 Å². The molecule has 2 atom stereocenters. The summed E-state index contributed by atoms with van der Waals surface area (Å²) in [4.78, 5) is 19.7. The highest BCUT2D eigenvalue weighted by atomic mass is 16.5. The molecule has 2 unspecified atom stereocenters. The number of rotatable bonds is 7. The fourth-order valence-electron chi connectivity index (χ4n) is 5.37. The van der Waals surface area contributed by atoms with Crippen molar-refractivity contribution >= 4 is 5.91 Å². The van der Waals surface area contributed by atoms with Gasteiger partial charge in [0.25, 0.3) is 5.91 Å². The predicted molar refractivity (Wildman–Crippen MR) is 136 cm³/mol. The molecule has 0 radical (unpaired) electrons. The van der Waals surface area contributed by atoms with Gasteiger partial charge in [0.05, 0.1) is 25.2 Å². The van der Waals surface area contributed by atoms with Crippen LogP contribution in [0.4, 0.5) is 0 Å². The number of carbonyl (C=O) groups is 1. The Bertz CT molecular complexity index is 1120. The molecule has 6 nitrogen and oxygen atoms in total. The summed E-state index contributed by atoms with van der Waals surface area (Å²) in [6.45, 7) is 3.17. The van der Waals surface area contributed by atoms with Crippen LogP contribution in [-0.4, -0.2) is 46.2 Å². The quantitative estimate of drug-likeness (QED) is 0.468. The molecule has 0 spiro atoms. The molecule has 2 heterocycles. The number of carbonyl (C=O) groups excluding carboxylic acids is 1. The van der Waals surface area contributed by atoms with Crippen LogP contribution in [0.25, 0.3) is 5.69 Å². The highest BCUT2D eigenvalue weighted by molar-refractivity contribution is 5.82. The summed E-state index contributed by atoms with van der Waals surface area (Å²) in [5, 5.41) is 0. The molecule has 1 aromatic heterocycles. The van der Waals surface area contributed by atoms with Crippen LogP contribution in [0.1, 0.15) is 61.8 Å². The molecule has 1 amide bonds. The van der Waals surface area contributed by atoms with Gasteiger partial charge in [-0.25, -0.2) is 4.98 Å². The van der Waals surface area contributed by atoms with E-state index in [2.05, 4.69) is 29.2 Å². The second kappa shape index (κ2) is 10.6. The minimum atomic E-state index is -0.519. The van der Waals surface area contributed by atoms with E-state index in [1.807, 2.05) is 53.2 Å². The number of amides is 1. The Hall–Kier alpha value is -3.12. The van der Waals surface area contributed by atoms with Crippen molar-refractivity contribution in [3.63, 3.8) is 0 Å². The smallest absolute Gasteiger partial charge is 0.252 e. The molecule has 1 saturated carbocycles. The van der Waals surface area contributed by atoms with Crippen LogP contribution in [-0.2, 0) is 22.5 Å². The Labute approximate surface area is 207 Å². The number of hydrogen-bond donors (Lipinski definition) is 0. The van der Waals surface area contributed by atoms with E-state index in [0.717, 1.165) is 22.7 Å². The molecule has 2 aliphatic rings. The van der Waals surface area contributed by atoms with Crippen LogP contribution >= 0.6 is 0 Å². The second-order valence-corrected chi connectivity index (χ2v) is 9.91. The highest BCUT2D eigenvalue weighted by Gasteiger charge is 2.33. The molecule has 1 aliphatic carbocycles. The fourth-order valence-corrected chi connectivity index (χ4v) is 5.37. The van der Waals surface area contributed by atoms with Crippen molar-refractivity contribution in [2.75, 3.05) is 13.7 Å². The number of ether oxygens (including phenoxy) is 2. The largest absolute Gasteiger partial charge is 0.497 e. The van der Waals surface area contributed by atoms with Crippen molar-refractivity contribution in [2.24, 2.45) is 0 Å². The Morgan fingerprint density at radius 2 is 1.77 bits per heavy atom. The number of imidazole rings is 1. The van der Waals surface area contributed by atoms with Crippen molar-refractivity contribution in [3.8, 4) is 11.4 Å². The molecule has 2 aromatic carbocycles. The van der Waals surface area contributed by atoms with E-state index in [1.165, 1.54) is 37.7 Å². The summed E-state index contributed by atoms with van der Waals surface area (Å²) in [7, 11) is 1.65. The van der Waals surface area contributed by atoms with E-state index in [0.29, 0.717) is 25.4 Å². The van der Waals surface area contributed by atoms with Gasteiger partial charge < -0.3 is 18.9 Å². The lowest BCUT2D eigenvalue weighted by atomic mass is 9.84. The second-order valence-electron chi connectivity index (χ2n) is 9.91. The normalized spacial score (nSPS) is 21.3. The van der Waals surface area contributed by atoms with Gasteiger partial charge in [-0.1, -0.05) is 43.5 Å². The maximum absolute atomic E-state index is 13.2. The van der Waals surface area contributed by atoms with Gasteiger partial charge in [0.2, 0.25) is 0 Å². The highest BCUT2D eigenvalue weighted by Crippen LogP contribution is 2.33. The summed E-state index contributed by atoms with van der Waals surface area (Å²) in [6.07, 6.45) is 10.4. The molecule has 2 fully saturated rings. The minimum Gasteiger partial charge on any atom is -0.497 e. The molecule has 184 valence electrons. The summed E-state index contributed by atoms with van der Waals surface area (Å²) < 4.78 is 13.3. The van der Waals surface area contributed by atoms with Crippen molar-refractivity contribution in [3.05, 3.63) is 77.9 Å². The van der Waals surface area contributed by atoms with E-state index < -0.39 is 6.10 Å². The van der Waals surface area contributed by atoms with Gasteiger partial charge in [-0.2, -0.15) is 0 Å². The summed E-state index contributed by atoms with van der Waals surface area (Å²) in [5.74, 6) is 1.53. The predicted octanol–water partition coefficient (Wildman–Crippen LogP) is 5.29. The van der Waals surface area contributed by atoms with Gasteiger partial charge in [-0.05, 0) is 61.1 Å². The molecule has 1 aliphatic heterocycles. The zero-order valence-electron chi connectivity index (χ0n) is 20.7. The lowest BCUT2D eigenvalue weighted by molar-refractivity contribution is -0.161. The Kier molecular flexibility index (Phi) is 7.19. The minimum absolute atomic E-state index is 0.0188. The number of morpholine rings is 1. The fraction of sp³-hybridized carbons (Fsp3) is 0.448. The van der Waals surface area contributed by atoms with Crippen molar-refractivity contribution < 1.29 is 14.3 Å². The Morgan fingerprint density at radius 3 is 2.49 bits per heavy atom. The van der Waals surface area contributed by atoms with Gasteiger partial charge >= 0.3 is 0 Å². The van der Waals surface area contributed by atoms with Gasteiger partial charge in [0.15, 0.2) is 0 Å². The maximum Gasteiger partial charge on any atom is 0.252 e. The number of nitrogens with zero attached hydrogens (tertiary/aromatic N) is 3. The zero-order chi connectivity index (χ0) is 24.2. The first kappa shape index (κ1) is 23.6. The molecular weight excluding hydrogens is 438 g/mol. The molecule has 0 bridgehead atoms. The molecule has 1 saturated heterocycles. The molecule has 35 heavy (non-hydrogen) atoms. The van der Waals surface area contributed by atoms with Gasteiger partial charge in [0, 0.05) is 31.4 Å². The first-order chi connectivity index (χ1) is 17.1. The van der Waals surface area contributed by atoms with Crippen LogP contribution in [0.2, 0.25) is 0 Å². The molecule has 5 rings (SSSR count). The van der Waals surface area contributed by atoms with Crippen LogP contribution in [0.5, 0.6) is 5.75 Å². The Morgan fingerprint density at radius 1 is 1.03 bits per heavy atom. The standard InChI is InChI=1S/C29H35N3O3/c1-21-17-31(18-22-8-14-27(34-2)15-9-22)29(33)28(35-21)16-25-19-32(20-30-25)26-12-10-24(11-13-26)23-6-4-3-5-7-23/h8-15,19-21,23,28H,3-7,16-18H2,1-2H3. The SMILES string of the molecule is COc1ccc(CN2CC(C)OC(Cc3cn(-c4ccc(C5CCCCC5)cc4)cn3)C2=O)cc1. The first-order valence-electron chi connectivity index (χ1n) is 12.8. The van der Waals surface area contributed by atoms with Crippen LogP contribution in [0, 0.1) is 0 Å². The molecule has 3 aromatic rings. The molecular formula is C29H35N3O3. The lowest BCUT2D eigenvalue weighted by Crippen LogP contribution is -2.51. The van der Waals surface area contributed by atoms with E-state index in [9.17, 15) is 4.79 Å². The van der Waals surface area contributed by atoms with Gasteiger partial charge in [-0.3, -0.25) is 4.79 Å². The van der Waals surface area contributed by atoms with E-state index in [-0.39, 0.29) is 12.0 Å². The number of aromatic nitrogens is 2. The number of hydrogen-bond acceptors (Lipinski definition) is 4. The maximum atomic E-state index is 13.2. The third-order valence-electron chi connectivity index (χ3n) is 7.29. The van der Waals surface area contributed by atoms with Gasteiger partial charge in [-0.15, -0.1) is 0 Å². The average Bonchev–Trinajstić information content (AvgIpc) is 3.36. The molecule has 0 N–H and O–H groups in total. The Balaban J connectivity index is 1.23. The van der Waals surface area contributed by atoms with Crippen LogP contribution in [0.3, 0.4) is 0 Å². The number of benzene rings is 2. The summed E-state index contributed by atoms with van der Waals surface area (Å²) in [6, 6.07) is 16.7.